The number of hydrogen-bond donors (Lipinski definition) is 0. The van der Waals surface area contributed by atoms with Crippen molar-refractivity contribution in [2.45, 2.75) is 19.0 Å². The van der Waals surface area contributed by atoms with Gasteiger partial charge in [0.25, 0.3) is 0 Å². The Bertz CT molecular complexity index is 206. The fourth-order valence-electron chi connectivity index (χ4n) is 1.05. The molecule has 0 aliphatic carbocycles. The molecule has 0 bridgehead atoms. The number of rotatable bonds is 0. The zero-order chi connectivity index (χ0) is 7.61. The van der Waals surface area contributed by atoms with Crippen LogP contribution in [0, 0.1) is 0 Å². The third-order valence-electron chi connectivity index (χ3n) is 1.83. The van der Waals surface area contributed by atoms with Crippen molar-refractivity contribution in [1.29, 1.82) is 0 Å². The van der Waals surface area contributed by atoms with E-state index in [0.717, 1.165) is 0 Å². The van der Waals surface area contributed by atoms with Crippen LogP contribution in [0.25, 0.3) is 0 Å². The molecular formula is C6H12FNOS. The molecule has 0 atom stereocenters. The predicted molar refractivity (Wildman–Crippen MR) is 40.4 cm³/mol. The molecule has 10 heavy (non-hydrogen) atoms. The lowest BCUT2D eigenvalue weighted by Crippen LogP contribution is -2.23. The monoisotopic (exact) mass is 165 g/mol. The van der Waals surface area contributed by atoms with E-state index >= 15 is 0 Å². The first-order valence-corrected chi connectivity index (χ1v) is 5.26. The molecule has 1 aliphatic rings. The van der Waals surface area contributed by atoms with Gasteiger partial charge in [-0.05, 0) is 12.8 Å². The average Bonchev–Trinajstić information content (AvgIpc) is 1.96. The molecule has 0 unspecified atom stereocenters. The molecule has 1 fully saturated rings. The van der Waals surface area contributed by atoms with E-state index in [4.69, 9.17) is 0 Å². The number of halogens is 1. The fourth-order valence-corrected chi connectivity index (χ4v) is 2.87. The average molecular weight is 165 g/mol. The molecular weight excluding hydrogens is 153 g/mol. The van der Waals surface area contributed by atoms with Crippen molar-refractivity contribution in [1.82, 2.24) is 0 Å². The van der Waals surface area contributed by atoms with Crippen molar-refractivity contribution in [2.24, 2.45) is 4.36 Å². The lowest BCUT2D eigenvalue weighted by molar-refractivity contribution is 0.311. The molecule has 0 spiro atoms. The molecule has 4 heteroatoms. The minimum Gasteiger partial charge on any atom is -0.250 e. The largest absolute Gasteiger partial charge is 0.250 e. The summed E-state index contributed by atoms with van der Waals surface area (Å²) in [6.45, 7) is 0. The van der Waals surface area contributed by atoms with Crippen LogP contribution in [0.15, 0.2) is 4.36 Å². The maximum Gasteiger partial charge on any atom is 0.102 e. The second-order valence-corrected chi connectivity index (χ2v) is 5.26. The Morgan fingerprint density at radius 1 is 1.50 bits per heavy atom. The molecule has 0 aromatic carbocycles. The third kappa shape index (κ3) is 1.68. The molecule has 0 amide bonds. The van der Waals surface area contributed by atoms with E-state index in [1.807, 2.05) is 0 Å². The van der Waals surface area contributed by atoms with Crippen LogP contribution in [0.3, 0.4) is 0 Å². The summed E-state index contributed by atoms with van der Waals surface area (Å²) in [5.41, 5.74) is 0. The molecule has 0 N–H and O–H groups in total. The van der Waals surface area contributed by atoms with Crippen molar-refractivity contribution in [3.63, 3.8) is 0 Å². The Morgan fingerprint density at radius 2 is 2.00 bits per heavy atom. The summed E-state index contributed by atoms with van der Waals surface area (Å²) in [4.78, 5) is 0. The van der Waals surface area contributed by atoms with Gasteiger partial charge in [0.15, 0.2) is 0 Å². The normalized spacial score (nSPS) is 41.2. The van der Waals surface area contributed by atoms with E-state index in [1.165, 1.54) is 0 Å². The first-order valence-electron chi connectivity index (χ1n) is 3.41. The summed E-state index contributed by atoms with van der Waals surface area (Å²) in [6, 6.07) is 0. The zero-order valence-corrected chi connectivity index (χ0v) is 6.86. The molecule has 0 radical (unpaired) electrons. The van der Waals surface area contributed by atoms with E-state index in [1.54, 1.807) is 7.05 Å². The maximum atomic E-state index is 12.5. The van der Waals surface area contributed by atoms with Crippen molar-refractivity contribution >= 4 is 9.73 Å². The van der Waals surface area contributed by atoms with Crippen LogP contribution in [0.1, 0.15) is 12.8 Å². The highest BCUT2D eigenvalue weighted by Crippen LogP contribution is 2.16. The van der Waals surface area contributed by atoms with E-state index in [2.05, 4.69) is 4.36 Å². The Hall–Kier alpha value is -0.120. The van der Waals surface area contributed by atoms with Gasteiger partial charge in [-0.15, -0.1) is 0 Å². The summed E-state index contributed by atoms with van der Waals surface area (Å²) in [6.07, 6.45) is 0.114. The van der Waals surface area contributed by atoms with Gasteiger partial charge in [0.2, 0.25) is 0 Å². The van der Waals surface area contributed by atoms with Gasteiger partial charge in [-0.25, -0.2) is 13.0 Å². The summed E-state index contributed by atoms with van der Waals surface area (Å²) in [7, 11) is -0.420. The van der Waals surface area contributed by atoms with Crippen molar-refractivity contribution in [3.8, 4) is 0 Å². The van der Waals surface area contributed by atoms with Crippen LogP contribution >= 0.6 is 0 Å². The molecule has 1 rings (SSSR count). The Balaban J connectivity index is 2.64. The van der Waals surface area contributed by atoms with Gasteiger partial charge in [0.05, 0.1) is 0 Å². The highest BCUT2D eigenvalue weighted by Gasteiger charge is 2.20. The molecule has 2 nitrogen and oxygen atoms in total. The first-order chi connectivity index (χ1) is 4.66. The first kappa shape index (κ1) is 7.98. The van der Waals surface area contributed by atoms with Gasteiger partial charge in [-0.3, -0.25) is 0 Å². The van der Waals surface area contributed by atoms with Gasteiger partial charge < -0.3 is 0 Å². The molecule has 1 aliphatic heterocycles. The zero-order valence-electron chi connectivity index (χ0n) is 6.05. The van der Waals surface area contributed by atoms with E-state index in [-0.39, 0.29) is 0 Å². The lowest BCUT2D eigenvalue weighted by atomic mass is 10.2. The molecule has 1 saturated heterocycles. The van der Waals surface area contributed by atoms with Crippen LogP contribution in [0.4, 0.5) is 4.39 Å². The van der Waals surface area contributed by atoms with Crippen LogP contribution in [0.5, 0.6) is 0 Å². The number of alkyl halides is 1. The SMILES string of the molecule is CN=S1(=O)CCC(F)CC1. The Morgan fingerprint density at radius 3 is 2.40 bits per heavy atom. The Labute approximate surface area is 61.0 Å². The standard InChI is InChI=1S/C6H12FNOS/c1-8-10(9)4-2-6(7)3-5-10/h6H,2-5H2,1H3. The predicted octanol–water partition coefficient (Wildman–Crippen LogP) is 1.22. The van der Waals surface area contributed by atoms with Gasteiger partial charge >= 0.3 is 0 Å². The Kier molecular flexibility index (Phi) is 2.28. The van der Waals surface area contributed by atoms with Crippen molar-refractivity contribution in [3.05, 3.63) is 0 Å². The van der Waals surface area contributed by atoms with Gasteiger partial charge in [0.1, 0.15) is 6.17 Å². The van der Waals surface area contributed by atoms with Crippen molar-refractivity contribution in [2.75, 3.05) is 18.6 Å². The van der Waals surface area contributed by atoms with Crippen LogP contribution in [-0.2, 0) is 9.73 Å². The van der Waals surface area contributed by atoms with E-state index in [9.17, 15) is 8.60 Å². The summed E-state index contributed by atoms with van der Waals surface area (Å²) in [5, 5.41) is 0. The molecule has 0 saturated carbocycles. The number of nitrogens with zero attached hydrogens (tertiary/aromatic N) is 1. The van der Waals surface area contributed by atoms with Gasteiger partial charge in [-0.1, -0.05) is 0 Å². The quantitative estimate of drug-likeness (QED) is 0.530. The molecule has 60 valence electrons. The van der Waals surface area contributed by atoms with E-state index in [0.29, 0.717) is 24.3 Å². The van der Waals surface area contributed by atoms with Gasteiger partial charge in [-0.2, -0.15) is 0 Å². The fraction of sp³-hybridized carbons (Fsp3) is 1.00. The lowest BCUT2D eigenvalue weighted by Gasteiger charge is -2.17. The third-order valence-corrected chi connectivity index (χ3v) is 4.25. The van der Waals surface area contributed by atoms with Crippen molar-refractivity contribution < 1.29 is 8.60 Å². The maximum absolute atomic E-state index is 12.5. The second-order valence-electron chi connectivity index (χ2n) is 2.54. The summed E-state index contributed by atoms with van der Waals surface area (Å²) >= 11 is 0. The van der Waals surface area contributed by atoms with Gasteiger partial charge in [0, 0.05) is 28.3 Å². The highest BCUT2D eigenvalue weighted by atomic mass is 32.2. The molecule has 1 heterocycles. The van der Waals surface area contributed by atoms with E-state index < -0.39 is 15.9 Å². The van der Waals surface area contributed by atoms with Crippen LogP contribution < -0.4 is 0 Å². The highest BCUT2D eigenvalue weighted by molar-refractivity contribution is 7.93. The summed E-state index contributed by atoms with van der Waals surface area (Å²) in [5.74, 6) is 0.898. The number of hydrogen-bond acceptors (Lipinski definition) is 2. The van der Waals surface area contributed by atoms with Crippen LogP contribution in [0.2, 0.25) is 0 Å². The summed E-state index contributed by atoms with van der Waals surface area (Å²) < 4.78 is 27.7. The molecule has 0 aromatic rings. The van der Waals surface area contributed by atoms with Crippen LogP contribution in [-0.4, -0.2) is 28.9 Å². The minimum atomic E-state index is -1.98. The second kappa shape index (κ2) is 2.86. The molecule has 0 aromatic heterocycles. The smallest absolute Gasteiger partial charge is 0.102 e. The topological polar surface area (TPSA) is 29.4 Å². The minimum absolute atomic E-state index is 0.427.